The smallest absolute Gasteiger partial charge is 0.0574 e. The predicted molar refractivity (Wildman–Crippen MR) is 61.2 cm³/mol. The summed E-state index contributed by atoms with van der Waals surface area (Å²) in [6.45, 7) is 6.41. The van der Waals surface area contributed by atoms with E-state index in [4.69, 9.17) is 6.42 Å². The van der Waals surface area contributed by atoms with Crippen molar-refractivity contribution in [3.8, 4) is 12.3 Å². The number of hydrogen-bond donors (Lipinski definition) is 1. The summed E-state index contributed by atoms with van der Waals surface area (Å²) in [4.78, 5) is 2.60. The first-order valence-corrected chi connectivity index (χ1v) is 5.76. The van der Waals surface area contributed by atoms with Crippen LogP contribution >= 0.6 is 0 Å². The number of rotatable bonds is 8. The minimum atomic E-state index is 0.701. The fourth-order valence-corrected chi connectivity index (χ4v) is 1.66. The largest absolute Gasteiger partial charge is 0.305 e. The second-order valence-electron chi connectivity index (χ2n) is 4.00. The molecule has 0 saturated heterocycles. The average Bonchev–Trinajstić information content (AvgIpc) is 3.00. The van der Waals surface area contributed by atoms with Gasteiger partial charge in [-0.05, 0) is 25.8 Å². The van der Waals surface area contributed by atoms with Crippen LogP contribution in [0.4, 0.5) is 0 Å². The van der Waals surface area contributed by atoms with Crippen LogP contribution in [0.25, 0.3) is 0 Å². The van der Waals surface area contributed by atoms with Gasteiger partial charge in [-0.15, -0.1) is 6.42 Å². The first-order chi connectivity index (χ1) is 6.88. The molecule has 2 heteroatoms. The Hall–Kier alpha value is -0.520. The Kier molecular flexibility index (Phi) is 5.66. The monoisotopic (exact) mass is 194 g/mol. The topological polar surface area (TPSA) is 15.3 Å². The highest BCUT2D eigenvalue weighted by molar-refractivity contribution is 4.88. The number of terminal acetylenes is 1. The molecule has 0 heterocycles. The van der Waals surface area contributed by atoms with Crippen LogP contribution in [0, 0.1) is 12.3 Å². The second kappa shape index (κ2) is 6.86. The van der Waals surface area contributed by atoms with Crippen molar-refractivity contribution in [2.75, 3.05) is 26.2 Å². The molecule has 1 rings (SSSR count). The van der Waals surface area contributed by atoms with Gasteiger partial charge in [-0.2, -0.15) is 0 Å². The quantitative estimate of drug-likeness (QED) is 0.465. The van der Waals surface area contributed by atoms with Gasteiger partial charge in [0.05, 0.1) is 6.54 Å². The van der Waals surface area contributed by atoms with E-state index >= 15 is 0 Å². The van der Waals surface area contributed by atoms with Crippen LogP contribution in [0.5, 0.6) is 0 Å². The van der Waals surface area contributed by atoms with Crippen LogP contribution in [-0.2, 0) is 0 Å². The molecule has 0 aromatic carbocycles. The minimum absolute atomic E-state index is 0.701. The van der Waals surface area contributed by atoms with Crippen LogP contribution in [-0.4, -0.2) is 37.1 Å². The van der Waals surface area contributed by atoms with Crippen molar-refractivity contribution in [2.45, 2.75) is 38.6 Å². The number of nitrogens with one attached hydrogen (secondary N) is 1. The molecule has 0 radical (unpaired) electrons. The fourth-order valence-electron chi connectivity index (χ4n) is 1.66. The van der Waals surface area contributed by atoms with Gasteiger partial charge < -0.3 is 5.32 Å². The molecule has 0 aliphatic heterocycles. The third-order valence-electron chi connectivity index (χ3n) is 2.67. The van der Waals surface area contributed by atoms with E-state index in [2.05, 4.69) is 23.1 Å². The zero-order chi connectivity index (χ0) is 10.2. The molecule has 1 N–H and O–H groups in total. The average molecular weight is 194 g/mol. The highest BCUT2D eigenvalue weighted by Gasteiger charge is 2.27. The van der Waals surface area contributed by atoms with Crippen molar-refractivity contribution in [3.63, 3.8) is 0 Å². The van der Waals surface area contributed by atoms with E-state index in [1.165, 1.54) is 32.2 Å². The maximum Gasteiger partial charge on any atom is 0.0574 e. The van der Waals surface area contributed by atoms with Gasteiger partial charge in [-0.3, -0.25) is 4.90 Å². The Labute approximate surface area is 88.1 Å². The summed E-state index contributed by atoms with van der Waals surface area (Å²) in [6.07, 6.45) is 10.6. The van der Waals surface area contributed by atoms with E-state index in [9.17, 15) is 0 Å². The molecule has 14 heavy (non-hydrogen) atoms. The van der Waals surface area contributed by atoms with E-state index < -0.39 is 0 Å². The summed E-state index contributed by atoms with van der Waals surface area (Å²) >= 11 is 0. The molecule has 80 valence electrons. The van der Waals surface area contributed by atoms with Crippen LogP contribution < -0.4 is 5.32 Å². The van der Waals surface area contributed by atoms with Gasteiger partial charge in [-0.1, -0.05) is 19.3 Å². The standard InChI is InChI=1S/C12H22N2/c1-3-5-10-14(12-6-7-12)11-9-13-8-4-2/h2,12-13H,3,5-11H2,1H3. The third-order valence-corrected chi connectivity index (χ3v) is 2.67. The van der Waals surface area contributed by atoms with Crippen LogP contribution in [0.2, 0.25) is 0 Å². The van der Waals surface area contributed by atoms with Crippen molar-refractivity contribution >= 4 is 0 Å². The SMILES string of the molecule is C#CCNCCN(CCCC)C1CC1. The van der Waals surface area contributed by atoms with Crippen molar-refractivity contribution in [1.29, 1.82) is 0 Å². The number of nitrogens with zero attached hydrogens (tertiary/aromatic N) is 1. The third kappa shape index (κ3) is 4.64. The molecule has 0 unspecified atom stereocenters. The van der Waals surface area contributed by atoms with E-state index in [-0.39, 0.29) is 0 Å². The number of hydrogen-bond acceptors (Lipinski definition) is 2. The Morgan fingerprint density at radius 3 is 2.79 bits per heavy atom. The van der Waals surface area contributed by atoms with Gasteiger partial charge in [0.15, 0.2) is 0 Å². The summed E-state index contributed by atoms with van der Waals surface area (Å²) in [5, 5.41) is 3.25. The summed E-state index contributed by atoms with van der Waals surface area (Å²) in [6, 6.07) is 0.884. The van der Waals surface area contributed by atoms with Gasteiger partial charge in [0.25, 0.3) is 0 Å². The molecule has 1 saturated carbocycles. The molecular weight excluding hydrogens is 172 g/mol. The molecule has 0 aromatic rings. The molecular formula is C12H22N2. The van der Waals surface area contributed by atoms with Crippen LogP contribution in [0.3, 0.4) is 0 Å². The molecule has 0 atom stereocenters. The first-order valence-electron chi connectivity index (χ1n) is 5.76. The van der Waals surface area contributed by atoms with Crippen molar-refractivity contribution < 1.29 is 0 Å². The molecule has 2 nitrogen and oxygen atoms in total. The van der Waals surface area contributed by atoms with Crippen molar-refractivity contribution in [1.82, 2.24) is 10.2 Å². The molecule has 1 fully saturated rings. The number of unbranched alkanes of at least 4 members (excludes halogenated alkanes) is 1. The lowest BCUT2D eigenvalue weighted by atomic mass is 10.3. The van der Waals surface area contributed by atoms with E-state index in [1.807, 2.05) is 0 Å². The Bertz CT molecular complexity index is 179. The van der Waals surface area contributed by atoms with Gasteiger partial charge in [-0.25, -0.2) is 0 Å². The first kappa shape index (κ1) is 11.6. The predicted octanol–water partition coefficient (Wildman–Crippen LogP) is 1.47. The molecule has 1 aliphatic rings. The highest BCUT2D eigenvalue weighted by atomic mass is 15.2. The maximum atomic E-state index is 5.17. The Morgan fingerprint density at radius 1 is 1.43 bits per heavy atom. The second-order valence-corrected chi connectivity index (χ2v) is 4.00. The highest BCUT2D eigenvalue weighted by Crippen LogP contribution is 2.26. The van der Waals surface area contributed by atoms with E-state index in [0.717, 1.165) is 19.1 Å². The zero-order valence-electron chi connectivity index (χ0n) is 9.26. The van der Waals surface area contributed by atoms with Crippen molar-refractivity contribution in [3.05, 3.63) is 0 Å². The van der Waals surface area contributed by atoms with Gasteiger partial charge in [0.1, 0.15) is 0 Å². The normalized spacial score (nSPS) is 15.8. The maximum absolute atomic E-state index is 5.17. The molecule has 0 aromatic heterocycles. The lowest BCUT2D eigenvalue weighted by Crippen LogP contribution is -2.34. The van der Waals surface area contributed by atoms with Crippen molar-refractivity contribution in [2.24, 2.45) is 0 Å². The molecule has 1 aliphatic carbocycles. The lowest BCUT2D eigenvalue weighted by Gasteiger charge is -2.21. The van der Waals surface area contributed by atoms with Crippen LogP contribution in [0.1, 0.15) is 32.6 Å². The van der Waals surface area contributed by atoms with E-state index in [1.54, 1.807) is 0 Å². The summed E-state index contributed by atoms with van der Waals surface area (Å²) < 4.78 is 0. The minimum Gasteiger partial charge on any atom is -0.305 e. The Morgan fingerprint density at radius 2 is 2.21 bits per heavy atom. The molecule has 0 spiro atoms. The molecule has 0 bridgehead atoms. The van der Waals surface area contributed by atoms with Gasteiger partial charge in [0.2, 0.25) is 0 Å². The zero-order valence-corrected chi connectivity index (χ0v) is 9.26. The van der Waals surface area contributed by atoms with Gasteiger partial charge >= 0.3 is 0 Å². The molecule has 0 amide bonds. The van der Waals surface area contributed by atoms with Crippen LogP contribution in [0.15, 0.2) is 0 Å². The van der Waals surface area contributed by atoms with E-state index in [0.29, 0.717) is 6.54 Å². The summed E-state index contributed by atoms with van der Waals surface area (Å²) in [7, 11) is 0. The summed E-state index contributed by atoms with van der Waals surface area (Å²) in [5.41, 5.74) is 0. The Balaban J connectivity index is 2.06. The summed E-state index contributed by atoms with van der Waals surface area (Å²) in [5.74, 6) is 2.60. The van der Waals surface area contributed by atoms with Gasteiger partial charge in [0, 0.05) is 19.1 Å². The lowest BCUT2D eigenvalue weighted by molar-refractivity contribution is 0.260. The fraction of sp³-hybridized carbons (Fsp3) is 0.833.